The van der Waals surface area contributed by atoms with Crippen molar-refractivity contribution in [1.29, 1.82) is 0 Å². The van der Waals surface area contributed by atoms with Crippen LogP contribution in [0.15, 0.2) is 147 Å². The van der Waals surface area contributed by atoms with Crippen molar-refractivity contribution in [3.05, 3.63) is 180 Å². The molecule has 2 aliphatic rings. The number of hydrogen-bond acceptors (Lipinski definition) is 0. The first-order chi connectivity index (χ1) is 26.2. The molecule has 2 aliphatic carbocycles. The van der Waals surface area contributed by atoms with Crippen LogP contribution in [0.5, 0.6) is 0 Å². The molecule has 54 heavy (non-hydrogen) atoms. The summed E-state index contributed by atoms with van der Waals surface area (Å²) in [4.78, 5) is 0. The molecular formula is C54H40. The molecule has 0 unspecified atom stereocenters. The van der Waals surface area contributed by atoms with Crippen LogP contribution in [0.3, 0.4) is 0 Å². The Morgan fingerprint density at radius 3 is 1.17 bits per heavy atom. The summed E-state index contributed by atoms with van der Waals surface area (Å²) in [6.45, 7) is 17.4. The van der Waals surface area contributed by atoms with E-state index in [4.69, 9.17) is 0 Å². The molecule has 0 amide bonds. The van der Waals surface area contributed by atoms with Gasteiger partial charge in [-0.25, -0.2) is 0 Å². The molecule has 0 aliphatic heterocycles. The van der Waals surface area contributed by atoms with E-state index in [1.54, 1.807) is 0 Å². The van der Waals surface area contributed by atoms with Gasteiger partial charge in [0.2, 0.25) is 0 Å². The molecule has 0 saturated carbocycles. The quantitative estimate of drug-likeness (QED) is 0.128. The second kappa shape index (κ2) is 10.7. The number of benzene rings is 9. The Bertz CT molecular complexity index is 2890. The lowest BCUT2D eigenvalue weighted by Crippen LogP contribution is -2.15. The molecule has 0 spiro atoms. The largest absolute Gasteiger partial charge is 0.0985 e. The van der Waals surface area contributed by atoms with Crippen molar-refractivity contribution >= 4 is 55.2 Å². The van der Waals surface area contributed by atoms with E-state index in [2.05, 4.69) is 174 Å². The van der Waals surface area contributed by atoms with Crippen molar-refractivity contribution in [3.8, 4) is 44.5 Å². The summed E-state index contributed by atoms with van der Waals surface area (Å²) in [6.07, 6.45) is 3.90. The topological polar surface area (TPSA) is 0 Å². The number of fused-ring (bicyclic) bond motifs is 8. The highest BCUT2D eigenvalue weighted by atomic mass is 14.4. The van der Waals surface area contributed by atoms with E-state index in [1.165, 1.54) is 121 Å². The lowest BCUT2D eigenvalue weighted by atomic mass is 9.81. The second-order valence-corrected chi connectivity index (χ2v) is 16.6. The summed E-state index contributed by atoms with van der Waals surface area (Å²) in [6, 6.07) is 51.1. The van der Waals surface area contributed by atoms with Crippen molar-refractivity contribution in [2.24, 2.45) is 0 Å². The molecule has 0 N–H and O–H groups in total. The van der Waals surface area contributed by atoms with E-state index in [0.29, 0.717) is 0 Å². The van der Waals surface area contributed by atoms with Crippen molar-refractivity contribution in [2.75, 3.05) is 0 Å². The van der Waals surface area contributed by atoms with Gasteiger partial charge in [0, 0.05) is 10.8 Å². The summed E-state index contributed by atoms with van der Waals surface area (Å²) < 4.78 is 0. The minimum atomic E-state index is -0.0558. The highest BCUT2D eigenvalue weighted by Gasteiger charge is 2.37. The molecular weight excluding hydrogens is 649 g/mol. The fraction of sp³-hybridized carbons (Fsp3) is 0.111. The highest BCUT2D eigenvalue weighted by molar-refractivity contribution is 6.35. The SMILES string of the molecule is C=Cc1ccc2c(c1)C(C)(C)c1ccc(-c3ccc4c5ccc(-c6ccc7c(c6)-c6ccc(C=C)cc6C7(C)C)c6cccc(c7cccc3c74)c65)cc1-2. The van der Waals surface area contributed by atoms with Gasteiger partial charge >= 0.3 is 0 Å². The Morgan fingerprint density at radius 1 is 0.352 bits per heavy atom. The third-order valence-corrected chi connectivity index (χ3v) is 13.2. The van der Waals surface area contributed by atoms with E-state index < -0.39 is 0 Å². The average molecular weight is 689 g/mol. The predicted octanol–water partition coefficient (Wildman–Crippen LogP) is 15.0. The van der Waals surface area contributed by atoms with Crippen LogP contribution in [0.25, 0.3) is 99.7 Å². The lowest BCUT2D eigenvalue weighted by molar-refractivity contribution is 0.660. The summed E-state index contributed by atoms with van der Waals surface area (Å²) in [5.41, 5.74) is 18.2. The monoisotopic (exact) mass is 688 g/mol. The number of rotatable bonds is 4. The lowest BCUT2D eigenvalue weighted by Gasteiger charge is -2.22. The van der Waals surface area contributed by atoms with E-state index in [-0.39, 0.29) is 10.8 Å². The van der Waals surface area contributed by atoms with Gasteiger partial charge in [-0.3, -0.25) is 0 Å². The fourth-order valence-corrected chi connectivity index (χ4v) is 10.3. The smallest absolute Gasteiger partial charge is 0.0159 e. The van der Waals surface area contributed by atoms with E-state index in [1.807, 2.05) is 12.2 Å². The van der Waals surface area contributed by atoms with Crippen LogP contribution in [0.4, 0.5) is 0 Å². The third kappa shape index (κ3) is 3.98. The Morgan fingerprint density at radius 2 is 0.741 bits per heavy atom. The fourth-order valence-electron chi connectivity index (χ4n) is 10.3. The highest BCUT2D eigenvalue weighted by Crippen LogP contribution is 2.53. The molecule has 0 atom stereocenters. The molecule has 0 fully saturated rings. The zero-order valence-corrected chi connectivity index (χ0v) is 31.3. The van der Waals surface area contributed by atoms with Crippen molar-refractivity contribution in [3.63, 3.8) is 0 Å². The van der Waals surface area contributed by atoms with Crippen molar-refractivity contribution < 1.29 is 0 Å². The van der Waals surface area contributed by atoms with Crippen LogP contribution in [-0.2, 0) is 10.8 Å². The third-order valence-electron chi connectivity index (χ3n) is 13.2. The molecule has 0 nitrogen and oxygen atoms in total. The number of hydrogen-bond donors (Lipinski definition) is 0. The van der Waals surface area contributed by atoms with Gasteiger partial charge in [0.25, 0.3) is 0 Å². The van der Waals surface area contributed by atoms with Gasteiger partial charge in [0.05, 0.1) is 0 Å². The summed E-state index contributed by atoms with van der Waals surface area (Å²) in [7, 11) is 0. The Balaban J connectivity index is 1.10. The normalized spacial score (nSPS) is 14.7. The molecule has 9 aromatic carbocycles. The summed E-state index contributed by atoms with van der Waals surface area (Å²) >= 11 is 0. The zero-order valence-electron chi connectivity index (χ0n) is 31.3. The van der Waals surface area contributed by atoms with E-state index in [9.17, 15) is 0 Å². The van der Waals surface area contributed by atoms with Gasteiger partial charge < -0.3 is 0 Å². The molecule has 0 saturated heterocycles. The Hall–Kier alpha value is -6.24. The van der Waals surface area contributed by atoms with Crippen molar-refractivity contribution in [2.45, 2.75) is 38.5 Å². The van der Waals surface area contributed by atoms with E-state index >= 15 is 0 Å². The van der Waals surface area contributed by atoms with Gasteiger partial charge in [0.1, 0.15) is 0 Å². The van der Waals surface area contributed by atoms with Crippen LogP contribution >= 0.6 is 0 Å². The van der Waals surface area contributed by atoms with Crippen LogP contribution < -0.4 is 0 Å². The van der Waals surface area contributed by atoms with Gasteiger partial charge in [-0.15, -0.1) is 0 Å². The maximum absolute atomic E-state index is 4.03. The molecule has 9 aromatic rings. The van der Waals surface area contributed by atoms with Crippen LogP contribution in [0.2, 0.25) is 0 Å². The summed E-state index contributed by atoms with van der Waals surface area (Å²) in [5, 5.41) is 10.5. The molecule has 0 aromatic heterocycles. The summed E-state index contributed by atoms with van der Waals surface area (Å²) in [5.74, 6) is 0. The first-order valence-corrected chi connectivity index (χ1v) is 19.2. The molecule has 0 heterocycles. The molecule has 256 valence electrons. The van der Waals surface area contributed by atoms with Gasteiger partial charge in [-0.1, -0.05) is 174 Å². The Kier molecular flexibility index (Phi) is 6.19. The first kappa shape index (κ1) is 31.3. The standard InChI is InChI=1S/C54H40/c1-7-31-15-19-37-45-29-33(17-25-47(45)53(3,4)49(37)27-31)35-21-23-43-44-24-22-36(40-12-10-14-42(52(40)44)41-13-9-11-39(35)51(41)43)34-18-26-48-46(30-34)38-20-16-32(8-2)28-50(38)54(48,5)6/h7-30H,1-2H2,3-6H3. The second-order valence-electron chi connectivity index (χ2n) is 16.6. The van der Waals surface area contributed by atoms with Crippen LogP contribution in [-0.4, -0.2) is 0 Å². The Labute approximate surface area is 317 Å². The zero-order chi connectivity index (χ0) is 36.7. The minimum Gasteiger partial charge on any atom is -0.0985 e. The molecule has 0 bridgehead atoms. The van der Waals surface area contributed by atoms with Gasteiger partial charge in [-0.05, 0) is 133 Å². The minimum absolute atomic E-state index is 0.0558. The average Bonchev–Trinajstić information content (AvgIpc) is 3.57. The van der Waals surface area contributed by atoms with E-state index in [0.717, 1.165) is 0 Å². The molecule has 11 rings (SSSR count). The van der Waals surface area contributed by atoms with Crippen LogP contribution in [0.1, 0.15) is 61.1 Å². The van der Waals surface area contributed by atoms with Gasteiger partial charge in [0.15, 0.2) is 0 Å². The molecule has 0 heteroatoms. The van der Waals surface area contributed by atoms with Crippen molar-refractivity contribution in [1.82, 2.24) is 0 Å². The van der Waals surface area contributed by atoms with Gasteiger partial charge in [-0.2, -0.15) is 0 Å². The molecule has 0 radical (unpaired) electrons. The predicted molar refractivity (Wildman–Crippen MR) is 234 cm³/mol. The first-order valence-electron chi connectivity index (χ1n) is 19.2. The van der Waals surface area contributed by atoms with Crippen LogP contribution in [0, 0.1) is 0 Å². The maximum atomic E-state index is 4.03. The maximum Gasteiger partial charge on any atom is 0.0159 e.